The first-order valence-corrected chi connectivity index (χ1v) is 6.12. The minimum atomic E-state index is -4.41. The molecule has 0 aliphatic heterocycles. The zero-order valence-corrected chi connectivity index (χ0v) is 11.1. The van der Waals surface area contributed by atoms with Crippen molar-refractivity contribution in [3.05, 3.63) is 59.2 Å². The van der Waals surface area contributed by atoms with Gasteiger partial charge < -0.3 is 14.9 Å². The second-order valence-corrected chi connectivity index (χ2v) is 4.46. The van der Waals surface area contributed by atoms with E-state index in [1.807, 2.05) is 0 Å². The standard InChI is InChI=1S/C15H11F3O4/c16-15(17,18)11-3-5-12(6-4-11)22-8-10-2-1-9(14(20)21)7-13(10)19/h1-7,19H,8H2,(H,20,21). The molecule has 2 aromatic rings. The first-order valence-electron chi connectivity index (χ1n) is 6.12. The highest BCUT2D eigenvalue weighted by atomic mass is 19.4. The summed E-state index contributed by atoms with van der Waals surface area (Å²) in [4.78, 5) is 10.7. The van der Waals surface area contributed by atoms with Crippen molar-refractivity contribution >= 4 is 5.97 Å². The number of hydrogen-bond acceptors (Lipinski definition) is 3. The molecule has 0 saturated heterocycles. The summed E-state index contributed by atoms with van der Waals surface area (Å²) in [5.74, 6) is -1.23. The Hall–Kier alpha value is -2.70. The lowest BCUT2D eigenvalue weighted by molar-refractivity contribution is -0.137. The normalized spacial score (nSPS) is 11.2. The Bertz CT molecular complexity index is 678. The highest BCUT2D eigenvalue weighted by molar-refractivity contribution is 5.88. The molecule has 2 N–H and O–H groups in total. The Morgan fingerprint density at radius 1 is 1.09 bits per heavy atom. The van der Waals surface area contributed by atoms with E-state index in [9.17, 15) is 23.1 Å². The van der Waals surface area contributed by atoms with Gasteiger partial charge in [-0.3, -0.25) is 0 Å². The second-order valence-electron chi connectivity index (χ2n) is 4.46. The second kappa shape index (κ2) is 5.97. The van der Waals surface area contributed by atoms with Gasteiger partial charge in [0, 0.05) is 5.56 Å². The van der Waals surface area contributed by atoms with Gasteiger partial charge in [0.15, 0.2) is 0 Å². The van der Waals surface area contributed by atoms with Gasteiger partial charge in [-0.2, -0.15) is 13.2 Å². The summed E-state index contributed by atoms with van der Waals surface area (Å²) in [5, 5.41) is 18.4. The summed E-state index contributed by atoms with van der Waals surface area (Å²) in [6.07, 6.45) is -4.41. The lowest BCUT2D eigenvalue weighted by Crippen LogP contribution is -2.04. The van der Waals surface area contributed by atoms with Crippen molar-refractivity contribution in [3.63, 3.8) is 0 Å². The Morgan fingerprint density at radius 2 is 1.73 bits per heavy atom. The SMILES string of the molecule is O=C(O)c1ccc(COc2ccc(C(F)(F)F)cc2)c(O)c1. The minimum Gasteiger partial charge on any atom is -0.508 e. The smallest absolute Gasteiger partial charge is 0.416 e. The molecule has 0 fully saturated rings. The lowest BCUT2D eigenvalue weighted by atomic mass is 10.1. The van der Waals surface area contributed by atoms with E-state index in [-0.39, 0.29) is 23.7 Å². The van der Waals surface area contributed by atoms with Crippen LogP contribution in [0, 0.1) is 0 Å². The lowest BCUT2D eigenvalue weighted by Gasteiger charge is -2.10. The van der Waals surface area contributed by atoms with Crippen LogP contribution < -0.4 is 4.74 Å². The number of carboxylic acids is 1. The zero-order valence-electron chi connectivity index (χ0n) is 11.1. The van der Waals surface area contributed by atoms with Crippen LogP contribution in [0.4, 0.5) is 13.2 Å². The molecule has 7 heteroatoms. The molecule has 2 aromatic carbocycles. The van der Waals surface area contributed by atoms with Gasteiger partial charge in [-0.05, 0) is 36.4 Å². The van der Waals surface area contributed by atoms with Crippen LogP contribution in [-0.2, 0) is 12.8 Å². The number of benzene rings is 2. The first-order chi connectivity index (χ1) is 10.3. The summed E-state index contributed by atoms with van der Waals surface area (Å²) < 4.78 is 42.5. The fourth-order valence-electron chi connectivity index (χ4n) is 1.72. The van der Waals surface area contributed by atoms with Gasteiger partial charge in [-0.15, -0.1) is 0 Å². The molecule has 2 rings (SSSR count). The monoisotopic (exact) mass is 312 g/mol. The van der Waals surface area contributed by atoms with Gasteiger partial charge in [-0.1, -0.05) is 6.07 Å². The fourth-order valence-corrected chi connectivity index (χ4v) is 1.72. The molecule has 0 aliphatic rings. The predicted octanol–water partition coefficient (Wildman–Crippen LogP) is 3.69. The molecule has 4 nitrogen and oxygen atoms in total. The maximum absolute atomic E-state index is 12.4. The molecule has 0 unspecified atom stereocenters. The van der Waals surface area contributed by atoms with Gasteiger partial charge in [0.2, 0.25) is 0 Å². The van der Waals surface area contributed by atoms with Gasteiger partial charge in [0.25, 0.3) is 0 Å². The number of halogens is 3. The van der Waals surface area contributed by atoms with Gasteiger partial charge in [0.1, 0.15) is 18.1 Å². The average Bonchev–Trinajstić information content (AvgIpc) is 2.45. The van der Waals surface area contributed by atoms with Crippen LogP contribution in [0.5, 0.6) is 11.5 Å². The van der Waals surface area contributed by atoms with Crippen LogP contribution >= 0.6 is 0 Å². The summed E-state index contributed by atoms with van der Waals surface area (Å²) >= 11 is 0. The molecule has 0 saturated carbocycles. The number of carboxylic acid groups (broad SMARTS) is 1. The van der Waals surface area contributed by atoms with E-state index in [0.717, 1.165) is 18.2 Å². The van der Waals surface area contributed by atoms with Crippen molar-refractivity contribution in [2.24, 2.45) is 0 Å². The number of aromatic carboxylic acids is 1. The van der Waals surface area contributed by atoms with Crippen molar-refractivity contribution in [2.45, 2.75) is 12.8 Å². The van der Waals surface area contributed by atoms with Crippen molar-refractivity contribution in [3.8, 4) is 11.5 Å². The Balaban J connectivity index is 2.05. The number of alkyl halides is 3. The molecule has 0 spiro atoms. The molecule has 0 amide bonds. The molecular formula is C15H11F3O4. The third-order valence-corrected chi connectivity index (χ3v) is 2.91. The predicted molar refractivity (Wildman–Crippen MR) is 70.8 cm³/mol. The van der Waals surface area contributed by atoms with Gasteiger partial charge in [-0.25, -0.2) is 4.79 Å². The molecule has 22 heavy (non-hydrogen) atoms. The van der Waals surface area contributed by atoms with Crippen LogP contribution in [0.3, 0.4) is 0 Å². The number of aromatic hydroxyl groups is 1. The van der Waals surface area contributed by atoms with E-state index in [2.05, 4.69) is 0 Å². The maximum atomic E-state index is 12.4. The fraction of sp³-hybridized carbons (Fsp3) is 0.133. The molecule has 0 bridgehead atoms. The van der Waals surface area contributed by atoms with E-state index in [4.69, 9.17) is 9.84 Å². The quantitative estimate of drug-likeness (QED) is 0.903. The van der Waals surface area contributed by atoms with Crippen LogP contribution in [0.15, 0.2) is 42.5 Å². The van der Waals surface area contributed by atoms with Crippen LogP contribution in [-0.4, -0.2) is 16.2 Å². The summed E-state index contributed by atoms with van der Waals surface area (Å²) in [7, 11) is 0. The van der Waals surface area contributed by atoms with E-state index >= 15 is 0 Å². The summed E-state index contributed by atoms with van der Waals surface area (Å²) in [6, 6.07) is 7.88. The average molecular weight is 312 g/mol. The molecule has 0 radical (unpaired) electrons. The van der Waals surface area contributed by atoms with Crippen molar-refractivity contribution in [1.29, 1.82) is 0 Å². The summed E-state index contributed by atoms with van der Waals surface area (Å²) in [6.45, 7) is -0.100. The third kappa shape index (κ3) is 3.69. The largest absolute Gasteiger partial charge is 0.508 e. The number of hydrogen-bond donors (Lipinski definition) is 2. The topological polar surface area (TPSA) is 66.8 Å². The maximum Gasteiger partial charge on any atom is 0.416 e. The first kappa shape index (κ1) is 15.7. The number of phenolic OH excluding ortho intramolecular Hbond substituents is 1. The highest BCUT2D eigenvalue weighted by Crippen LogP contribution is 2.30. The van der Waals surface area contributed by atoms with Gasteiger partial charge >= 0.3 is 12.1 Å². The molecule has 116 valence electrons. The minimum absolute atomic E-state index is 0.0734. The van der Waals surface area contributed by atoms with E-state index in [1.165, 1.54) is 24.3 Å². The van der Waals surface area contributed by atoms with Crippen LogP contribution in [0.2, 0.25) is 0 Å². The number of phenols is 1. The van der Waals surface area contributed by atoms with Gasteiger partial charge in [0.05, 0.1) is 11.1 Å². The van der Waals surface area contributed by atoms with Crippen molar-refractivity contribution < 1.29 is 32.9 Å². The molecular weight excluding hydrogens is 301 g/mol. The van der Waals surface area contributed by atoms with E-state index < -0.39 is 17.7 Å². The van der Waals surface area contributed by atoms with Crippen LogP contribution in [0.1, 0.15) is 21.5 Å². The summed E-state index contributed by atoms with van der Waals surface area (Å²) in [5.41, 5.74) is -0.533. The van der Waals surface area contributed by atoms with Crippen molar-refractivity contribution in [2.75, 3.05) is 0 Å². The third-order valence-electron chi connectivity index (χ3n) is 2.91. The van der Waals surface area contributed by atoms with E-state index in [1.54, 1.807) is 0 Å². The Labute approximate surface area is 123 Å². The Kier molecular flexibility index (Phi) is 4.25. The molecule has 0 atom stereocenters. The van der Waals surface area contributed by atoms with E-state index in [0.29, 0.717) is 5.56 Å². The molecule has 0 aromatic heterocycles. The number of rotatable bonds is 4. The van der Waals surface area contributed by atoms with Crippen LogP contribution in [0.25, 0.3) is 0 Å². The number of carbonyl (C=O) groups is 1. The highest BCUT2D eigenvalue weighted by Gasteiger charge is 2.30. The molecule has 0 aliphatic carbocycles. The number of ether oxygens (including phenoxy) is 1. The Morgan fingerprint density at radius 3 is 2.23 bits per heavy atom. The van der Waals surface area contributed by atoms with Crippen molar-refractivity contribution in [1.82, 2.24) is 0 Å². The molecule has 0 heterocycles. The zero-order chi connectivity index (χ0) is 16.3.